The molecule has 1 aliphatic heterocycles. The molecule has 2 aliphatic rings. The van der Waals surface area contributed by atoms with E-state index in [0.29, 0.717) is 12.3 Å². The van der Waals surface area contributed by atoms with Crippen LogP contribution in [0.1, 0.15) is 54.1 Å². The van der Waals surface area contributed by atoms with E-state index in [4.69, 9.17) is 4.74 Å². The van der Waals surface area contributed by atoms with E-state index in [1.165, 1.54) is 24.0 Å². The van der Waals surface area contributed by atoms with Gasteiger partial charge >= 0.3 is 0 Å². The van der Waals surface area contributed by atoms with Crippen molar-refractivity contribution in [2.45, 2.75) is 37.4 Å². The van der Waals surface area contributed by atoms with Crippen LogP contribution in [0.15, 0.2) is 46.9 Å². The molecule has 0 spiro atoms. The molecule has 1 saturated carbocycles. The minimum absolute atomic E-state index is 0.0505. The standard InChI is InChI=1S/C18H17BrO2/c19-12-7-8-17-15(9-12)16(20)10-18(21-17)14-4-2-1-3-13(14)11-5-6-11/h1-4,7-9,11,16,18,20H,5-6,10H2/t16-,18?/m1/s1. The van der Waals surface area contributed by atoms with Crippen LogP contribution >= 0.6 is 15.9 Å². The van der Waals surface area contributed by atoms with Gasteiger partial charge in [-0.05, 0) is 48.1 Å². The van der Waals surface area contributed by atoms with Crippen molar-refractivity contribution < 1.29 is 9.84 Å². The van der Waals surface area contributed by atoms with Crippen molar-refractivity contribution >= 4 is 15.9 Å². The number of hydrogen-bond donors (Lipinski definition) is 1. The van der Waals surface area contributed by atoms with Crippen molar-refractivity contribution in [1.82, 2.24) is 0 Å². The maximum absolute atomic E-state index is 10.5. The number of benzene rings is 2. The molecule has 21 heavy (non-hydrogen) atoms. The molecule has 1 unspecified atom stereocenters. The molecule has 2 atom stereocenters. The van der Waals surface area contributed by atoms with Crippen LogP contribution in [0.2, 0.25) is 0 Å². The quantitative estimate of drug-likeness (QED) is 0.840. The lowest BCUT2D eigenvalue weighted by atomic mass is 9.91. The smallest absolute Gasteiger partial charge is 0.127 e. The number of aliphatic hydroxyl groups excluding tert-OH is 1. The van der Waals surface area contributed by atoms with Gasteiger partial charge in [-0.2, -0.15) is 0 Å². The van der Waals surface area contributed by atoms with E-state index in [1.54, 1.807) is 0 Å². The summed E-state index contributed by atoms with van der Waals surface area (Å²) in [6, 6.07) is 14.4. The lowest BCUT2D eigenvalue weighted by Gasteiger charge is -2.31. The Labute approximate surface area is 132 Å². The first-order valence-electron chi connectivity index (χ1n) is 7.45. The third kappa shape index (κ3) is 2.49. The minimum atomic E-state index is -0.469. The summed E-state index contributed by atoms with van der Waals surface area (Å²) in [6.45, 7) is 0. The number of hydrogen-bond acceptors (Lipinski definition) is 2. The molecule has 2 aromatic carbocycles. The Hall–Kier alpha value is -1.32. The number of rotatable bonds is 2. The van der Waals surface area contributed by atoms with Crippen LogP contribution in [0, 0.1) is 0 Å². The third-order valence-corrected chi connectivity index (χ3v) is 4.89. The minimum Gasteiger partial charge on any atom is -0.485 e. The summed E-state index contributed by atoms with van der Waals surface area (Å²) in [7, 11) is 0. The molecule has 1 fully saturated rings. The Morgan fingerprint density at radius 1 is 1.00 bits per heavy atom. The number of halogens is 1. The van der Waals surface area contributed by atoms with Crippen LogP contribution < -0.4 is 4.74 Å². The molecule has 108 valence electrons. The van der Waals surface area contributed by atoms with Gasteiger partial charge in [-0.1, -0.05) is 40.2 Å². The SMILES string of the molecule is O[C@@H]1CC(c2ccccc2C2CC2)Oc2ccc(Br)cc21. The predicted molar refractivity (Wildman–Crippen MR) is 85.5 cm³/mol. The van der Waals surface area contributed by atoms with Crippen molar-refractivity contribution in [3.05, 3.63) is 63.6 Å². The van der Waals surface area contributed by atoms with E-state index in [1.807, 2.05) is 18.2 Å². The van der Waals surface area contributed by atoms with E-state index >= 15 is 0 Å². The van der Waals surface area contributed by atoms with Crippen molar-refractivity contribution in [2.75, 3.05) is 0 Å². The highest BCUT2D eigenvalue weighted by Crippen LogP contribution is 2.47. The first-order chi connectivity index (χ1) is 10.2. The second kappa shape index (κ2) is 5.15. The zero-order valence-electron chi connectivity index (χ0n) is 11.6. The van der Waals surface area contributed by atoms with Gasteiger partial charge in [-0.15, -0.1) is 0 Å². The zero-order valence-corrected chi connectivity index (χ0v) is 13.2. The summed E-state index contributed by atoms with van der Waals surface area (Å²) in [6.07, 6.45) is 2.65. The molecule has 1 heterocycles. The average molecular weight is 345 g/mol. The lowest BCUT2D eigenvalue weighted by molar-refractivity contribution is 0.0652. The highest BCUT2D eigenvalue weighted by molar-refractivity contribution is 9.10. The van der Waals surface area contributed by atoms with Gasteiger partial charge in [-0.3, -0.25) is 0 Å². The zero-order chi connectivity index (χ0) is 14.4. The lowest BCUT2D eigenvalue weighted by Crippen LogP contribution is -2.20. The van der Waals surface area contributed by atoms with Gasteiger partial charge in [0.1, 0.15) is 11.9 Å². The van der Waals surface area contributed by atoms with E-state index in [2.05, 4.69) is 40.2 Å². The molecule has 0 aromatic heterocycles. The highest BCUT2D eigenvalue weighted by Gasteiger charge is 2.33. The molecular weight excluding hydrogens is 328 g/mol. The normalized spacial score (nSPS) is 24.3. The highest BCUT2D eigenvalue weighted by atomic mass is 79.9. The van der Waals surface area contributed by atoms with Gasteiger partial charge in [0.05, 0.1) is 6.10 Å². The van der Waals surface area contributed by atoms with Crippen molar-refractivity contribution in [3.63, 3.8) is 0 Å². The molecular formula is C18H17BrO2. The largest absolute Gasteiger partial charge is 0.485 e. The van der Waals surface area contributed by atoms with Crippen molar-refractivity contribution in [1.29, 1.82) is 0 Å². The average Bonchev–Trinajstić information content (AvgIpc) is 3.32. The van der Waals surface area contributed by atoms with Gasteiger partial charge in [0.15, 0.2) is 0 Å². The maximum Gasteiger partial charge on any atom is 0.127 e. The summed E-state index contributed by atoms with van der Waals surface area (Å²) >= 11 is 3.45. The Balaban J connectivity index is 1.71. The Morgan fingerprint density at radius 2 is 1.76 bits per heavy atom. The predicted octanol–water partition coefficient (Wildman–Crippen LogP) is 4.88. The molecule has 1 N–H and O–H groups in total. The summed E-state index contributed by atoms with van der Waals surface area (Å²) in [5.41, 5.74) is 3.52. The van der Waals surface area contributed by atoms with E-state index < -0.39 is 6.10 Å². The summed E-state index contributed by atoms with van der Waals surface area (Å²) < 4.78 is 7.15. The number of aliphatic hydroxyl groups is 1. The molecule has 0 amide bonds. The number of ether oxygens (including phenoxy) is 1. The summed E-state index contributed by atoms with van der Waals surface area (Å²) in [5.74, 6) is 1.49. The molecule has 0 radical (unpaired) electrons. The van der Waals surface area contributed by atoms with Gasteiger partial charge in [0.2, 0.25) is 0 Å². The van der Waals surface area contributed by atoms with Crippen LogP contribution in [0.3, 0.4) is 0 Å². The molecule has 4 rings (SSSR count). The molecule has 1 aliphatic carbocycles. The topological polar surface area (TPSA) is 29.5 Å². The molecule has 3 heteroatoms. The van der Waals surface area contributed by atoms with Crippen LogP contribution in [0.5, 0.6) is 5.75 Å². The monoisotopic (exact) mass is 344 g/mol. The van der Waals surface area contributed by atoms with Gasteiger partial charge in [0, 0.05) is 16.5 Å². The second-order valence-corrected chi connectivity index (χ2v) is 6.86. The van der Waals surface area contributed by atoms with Crippen molar-refractivity contribution in [3.8, 4) is 5.75 Å². The fourth-order valence-corrected chi connectivity index (χ4v) is 3.56. The van der Waals surface area contributed by atoms with Gasteiger partial charge in [0.25, 0.3) is 0 Å². The van der Waals surface area contributed by atoms with Gasteiger partial charge < -0.3 is 9.84 Å². The van der Waals surface area contributed by atoms with E-state index in [9.17, 15) is 5.11 Å². The second-order valence-electron chi connectivity index (χ2n) is 5.94. The third-order valence-electron chi connectivity index (χ3n) is 4.40. The van der Waals surface area contributed by atoms with E-state index in [0.717, 1.165) is 15.8 Å². The van der Waals surface area contributed by atoms with Crippen LogP contribution in [-0.2, 0) is 0 Å². The Morgan fingerprint density at radius 3 is 2.52 bits per heavy atom. The Bertz CT molecular complexity index is 679. The van der Waals surface area contributed by atoms with Crippen LogP contribution in [0.25, 0.3) is 0 Å². The number of fused-ring (bicyclic) bond motifs is 1. The van der Waals surface area contributed by atoms with E-state index in [-0.39, 0.29) is 6.10 Å². The van der Waals surface area contributed by atoms with Crippen molar-refractivity contribution in [2.24, 2.45) is 0 Å². The van der Waals surface area contributed by atoms with Crippen LogP contribution in [-0.4, -0.2) is 5.11 Å². The molecule has 0 bridgehead atoms. The molecule has 0 saturated heterocycles. The summed E-state index contributed by atoms with van der Waals surface area (Å²) in [5, 5.41) is 10.5. The van der Waals surface area contributed by atoms with Gasteiger partial charge in [-0.25, -0.2) is 0 Å². The Kier molecular flexibility index (Phi) is 3.27. The maximum atomic E-state index is 10.5. The first kappa shape index (κ1) is 13.4. The molecule has 2 aromatic rings. The molecule has 2 nitrogen and oxygen atoms in total. The fourth-order valence-electron chi connectivity index (χ4n) is 3.18. The van der Waals surface area contributed by atoms with Crippen LogP contribution in [0.4, 0.5) is 0 Å². The fraction of sp³-hybridized carbons (Fsp3) is 0.333. The summed E-state index contributed by atoms with van der Waals surface area (Å²) in [4.78, 5) is 0. The first-order valence-corrected chi connectivity index (χ1v) is 8.24.